The zero-order valence-electron chi connectivity index (χ0n) is 7.47. The van der Waals surface area contributed by atoms with Gasteiger partial charge in [0.2, 0.25) is 5.91 Å². The lowest BCUT2D eigenvalue weighted by Gasteiger charge is -2.22. The molecule has 0 radical (unpaired) electrons. The highest BCUT2D eigenvalue weighted by atomic mass is 16.2. The predicted molar refractivity (Wildman–Crippen MR) is 46.5 cm³/mol. The first-order chi connectivity index (χ1) is 5.60. The molecule has 3 nitrogen and oxygen atoms in total. The monoisotopic (exact) mass is 168 g/mol. The van der Waals surface area contributed by atoms with Crippen molar-refractivity contribution >= 4 is 5.91 Å². The van der Waals surface area contributed by atoms with Crippen molar-refractivity contribution in [2.24, 2.45) is 11.7 Å². The van der Waals surface area contributed by atoms with Crippen LogP contribution in [0.1, 0.15) is 32.6 Å². The lowest BCUT2D eigenvalue weighted by atomic mass is 9.96. The van der Waals surface area contributed by atoms with Crippen LogP contribution >= 0.6 is 0 Å². The number of rotatable bonds is 3. The summed E-state index contributed by atoms with van der Waals surface area (Å²) in [6.45, 7) is 1.85. The molecule has 1 amide bonds. The maximum Gasteiger partial charge on any atom is 0.240 e. The predicted octanol–water partition coefficient (Wildman–Crippen LogP) is 0.392. The van der Waals surface area contributed by atoms with Crippen molar-refractivity contribution in [2.45, 2.75) is 44.2 Å². The first-order valence-electron chi connectivity index (χ1n) is 4.70. The summed E-state index contributed by atoms with van der Waals surface area (Å²) in [6, 6.07) is 0.430. The van der Waals surface area contributed by atoms with Gasteiger partial charge in [0.25, 0.3) is 0 Å². The highest BCUT2D eigenvalue weighted by Gasteiger charge is 2.45. The normalized spacial score (nSPS) is 27.8. The first kappa shape index (κ1) is 8.05. The van der Waals surface area contributed by atoms with Crippen LogP contribution in [0.4, 0.5) is 0 Å². The second-order valence-electron chi connectivity index (χ2n) is 4.30. The molecule has 0 aromatic rings. The van der Waals surface area contributed by atoms with Crippen LogP contribution in [-0.4, -0.2) is 17.5 Å². The van der Waals surface area contributed by atoms with Crippen LogP contribution in [-0.2, 0) is 4.79 Å². The Kier molecular flexibility index (Phi) is 1.65. The van der Waals surface area contributed by atoms with E-state index in [1.165, 1.54) is 0 Å². The Morgan fingerprint density at radius 2 is 2.00 bits per heavy atom. The molecule has 0 aliphatic heterocycles. The van der Waals surface area contributed by atoms with Crippen LogP contribution in [0.2, 0.25) is 0 Å². The van der Waals surface area contributed by atoms with Gasteiger partial charge in [0.15, 0.2) is 0 Å². The van der Waals surface area contributed by atoms with Crippen LogP contribution < -0.4 is 11.1 Å². The van der Waals surface area contributed by atoms with Gasteiger partial charge in [-0.3, -0.25) is 4.79 Å². The van der Waals surface area contributed by atoms with Gasteiger partial charge in [-0.2, -0.15) is 0 Å². The standard InChI is InChI=1S/C9H16N2O/c1-9(10,6-2-3-6)8(12)11-7-4-5-7/h6-7H,2-5,10H2,1H3,(H,11,12). The molecule has 1 atom stereocenters. The summed E-state index contributed by atoms with van der Waals surface area (Å²) < 4.78 is 0. The molecule has 2 saturated carbocycles. The average molecular weight is 168 g/mol. The van der Waals surface area contributed by atoms with Gasteiger partial charge in [-0.1, -0.05) is 0 Å². The van der Waals surface area contributed by atoms with Crippen molar-refractivity contribution < 1.29 is 4.79 Å². The fourth-order valence-corrected chi connectivity index (χ4v) is 1.44. The Morgan fingerprint density at radius 1 is 1.42 bits per heavy atom. The van der Waals surface area contributed by atoms with Gasteiger partial charge >= 0.3 is 0 Å². The number of nitrogens with one attached hydrogen (secondary N) is 1. The largest absolute Gasteiger partial charge is 0.352 e. The van der Waals surface area contributed by atoms with Gasteiger partial charge in [0.1, 0.15) is 0 Å². The van der Waals surface area contributed by atoms with E-state index < -0.39 is 5.54 Å². The Morgan fingerprint density at radius 3 is 2.42 bits per heavy atom. The molecular weight excluding hydrogens is 152 g/mol. The van der Waals surface area contributed by atoms with E-state index in [2.05, 4.69) is 5.32 Å². The maximum atomic E-state index is 11.6. The third kappa shape index (κ3) is 1.46. The molecular formula is C9H16N2O. The van der Waals surface area contributed by atoms with Crippen LogP contribution in [0.25, 0.3) is 0 Å². The van der Waals surface area contributed by atoms with Crippen molar-refractivity contribution in [1.82, 2.24) is 5.32 Å². The quantitative estimate of drug-likeness (QED) is 0.640. The summed E-state index contributed by atoms with van der Waals surface area (Å²) >= 11 is 0. The number of hydrogen-bond acceptors (Lipinski definition) is 2. The average Bonchev–Trinajstić information content (AvgIpc) is 2.83. The first-order valence-corrected chi connectivity index (χ1v) is 4.70. The summed E-state index contributed by atoms with van der Waals surface area (Å²) in [5.41, 5.74) is 5.32. The molecule has 2 aliphatic carbocycles. The second kappa shape index (κ2) is 2.46. The lowest BCUT2D eigenvalue weighted by molar-refractivity contribution is -0.126. The molecule has 3 N–H and O–H groups in total. The summed E-state index contributed by atoms with van der Waals surface area (Å²) in [7, 11) is 0. The Bertz CT molecular complexity index is 205. The van der Waals surface area contributed by atoms with E-state index in [1.807, 2.05) is 6.92 Å². The van der Waals surface area contributed by atoms with Crippen molar-refractivity contribution in [3.05, 3.63) is 0 Å². The van der Waals surface area contributed by atoms with E-state index >= 15 is 0 Å². The van der Waals surface area contributed by atoms with E-state index in [4.69, 9.17) is 5.73 Å². The summed E-state index contributed by atoms with van der Waals surface area (Å²) in [4.78, 5) is 11.6. The number of nitrogens with two attached hydrogens (primary N) is 1. The van der Waals surface area contributed by atoms with Crippen LogP contribution in [0.3, 0.4) is 0 Å². The fraction of sp³-hybridized carbons (Fsp3) is 0.889. The summed E-state index contributed by atoms with van der Waals surface area (Å²) in [5.74, 6) is 0.476. The van der Waals surface area contributed by atoms with Gasteiger partial charge < -0.3 is 11.1 Å². The van der Waals surface area contributed by atoms with Gasteiger partial charge in [0, 0.05) is 6.04 Å². The lowest BCUT2D eigenvalue weighted by Crippen LogP contribution is -2.53. The Balaban J connectivity index is 1.90. The Hall–Kier alpha value is -0.570. The molecule has 0 aromatic carbocycles. The van der Waals surface area contributed by atoms with E-state index in [-0.39, 0.29) is 5.91 Å². The number of carbonyl (C=O) groups is 1. The summed E-state index contributed by atoms with van der Waals surface area (Å²) in [6.07, 6.45) is 4.50. The van der Waals surface area contributed by atoms with Gasteiger partial charge in [-0.25, -0.2) is 0 Å². The minimum Gasteiger partial charge on any atom is -0.352 e. The molecule has 0 aromatic heterocycles. The zero-order valence-corrected chi connectivity index (χ0v) is 7.47. The van der Waals surface area contributed by atoms with Crippen LogP contribution in [0, 0.1) is 5.92 Å². The van der Waals surface area contributed by atoms with E-state index in [0.717, 1.165) is 25.7 Å². The highest BCUT2D eigenvalue weighted by Crippen LogP contribution is 2.38. The SMILES string of the molecule is CC(N)(C(=O)NC1CC1)C1CC1. The summed E-state index contributed by atoms with van der Waals surface area (Å²) in [5, 5.41) is 2.95. The van der Waals surface area contributed by atoms with Gasteiger partial charge in [0.05, 0.1) is 5.54 Å². The minimum absolute atomic E-state index is 0.0486. The number of carbonyl (C=O) groups excluding carboxylic acids is 1. The van der Waals surface area contributed by atoms with Crippen molar-refractivity contribution in [1.29, 1.82) is 0 Å². The molecule has 3 heteroatoms. The second-order valence-corrected chi connectivity index (χ2v) is 4.30. The maximum absolute atomic E-state index is 11.6. The topological polar surface area (TPSA) is 55.1 Å². The van der Waals surface area contributed by atoms with Crippen LogP contribution in [0.5, 0.6) is 0 Å². The smallest absolute Gasteiger partial charge is 0.240 e. The van der Waals surface area contributed by atoms with E-state index in [9.17, 15) is 4.79 Å². The van der Waals surface area contributed by atoms with Gasteiger partial charge in [-0.05, 0) is 38.5 Å². The third-order valence-electron chi connectivity index (χ3n) is 2.83. The van der Waals surface area contributed by atoms with E-state index in [1.54, 1.807) is 0 Å². The van der Waals surface area contributed by atoms with Crippen molar-refractivity contribution in [2.75, 3.05) is 0 Å². The van der Waals surface area contributed by atoms with Gasteiger partial charge in [-0.15, -0.1) is 0 Å². The molecule has 0 bridgehead atoms. The van der Waals surface area contributed by atoms with Crippen LogP contribution in [0.15, 0.2) is 0 Å². The van der Waals surface area contributed by atoms with E-state index in [0.29, 0.717) is 12.0 Å². The molecule has 0 saturated heterocycles. The molecule has 1 unspecified atom stereocenters. The highest BCUT2D eigenvalue weighted by molar-refractivity contribution is 5.86. The third-order valence-corrected chi connectivity index (χ3v) is 2.83. The van der Waals surface area contributed by atoms with Crippen molar-refractivity contribution in [3.63, 3.8) is 0 Å². The zero-order chi connectivity index (χ0) is 8.77. The number of amides is 1. The molecule has 12 heavy (non-hydrogen) atoms. The molecule has 0 heterocycles. The molecule has 68 valence electrons. The Labute approximate surface area is 72.7 Å². The molecule has 2 rings (SSSR count). The molecule has 2 fully saturated rings. The fourth-order valence-electron chi connectivity index (χ4n) is 1.44. The van der Waals surface area contributed by atoms with Crippen molar-refractivity contribution in [3.8, 4) is 0 Å². The minimum atomic E-state index is -0.609. The molecule has 2 aliphatic rings. The number of hydrogen-bond donors (Lipinski definition) is 2. The molecule has 0 spiro atoms.